The Hall–Kier alpha value is -3.08. The molecule has 2 aromatic carbocycles. The van der Waals surface area contributed by atoms with Crippen LogP contribution < -0.4 is 21.5 Å². The van der Waals surface area contributed by atoms with E-state index >= 15 is 0 Å². The van der Waals surface area contributed by atoms with Gasteiger partial charge in [-0.05, 0) is 53.9 Å². The Kier molecular flexibility index (Phi) is 9.36. The fraction of sp³-hybridized carbons (Fsp3) is 0.423. The number of halogens is 3. The number of hydrogen-bond acceptors (Lipinski definition) is 5. The van der Waals surface area contributed by atoms with E-state index in [1.807, 2.05) is 32.2 Å². The number of amides is 1. The summed E-state index contributed by atoms with van der Waals surface area (Å²) in [7, 11) is 0. The largest absolute Gasteiger partial charge is 0.573 e. The maximum absolute atomic E-state index is 12.7. The molecule has 10 heteroatoms. The van der Waals surface area contributed by atoms with Crippen LogP contribution in [0.2, 0.25) is 0 Å². The van der Waals surface area contributed by atoms with Crippen LogP contribution in [0.3, 0.4) is 0 Å². The number of carbonyl (C=O) groups excluding carboxylic acids is 1. The number of rotatable bonds is 8. The molecular formula is C26H34F3N5O2. The summed E-state index contributed by atoms with van der Waals surface area (Å²) in [5, 5.41) is 3.79. The van der Waals surface area contributed by atoms with Crippen molar-refractivity contribution in [2.75, 3.05) is 26.2 Å². The molecule has 36 heavy (non-hydrogen) atoms. The van der Waals surface area contributed by atoms with Crippen LogP contribution in [0.5, 0.6) is 5.75 Å². The van der Waals surface area contributed by atoms with Gasteiger partial charge in [-0.15, -0.1) is 13.2 Å². The molecule has 0 radical (unpaired) electrons. The molecule has 4 rings (SSSR count). The van der Waals surface area contributed by atoms with Gasteiger partial charge in [0.1, 0.15) is 5.75 Å². The molecule has 3 aromatic rings. The zero-order chi connectivity index (χ0) is 26.3. The summed E-state index contributed by atoms with van der Waals surface area (Å²) in [6.45, 7) is 7.68. The van der Waals surface area contributed by atoms with Gasteiger partial charge in [-0.1, -0.05) is 26.0 Å². The lowest BCUT2D eigenvalue weighted by Gasteiger charge is -2.26. The summed E-state index contributed by atoms with van der Waals surface area (Å²) in [6, 6.07) is 10.4. The van der Waals surface area contributed by atoms with Crippen LogP contribution in [-0.2, 0) is 24.4 Å². The standard InChI is InChI=1S/C24H28F3N5O2.C2H6/c25-24(26,27)34-18-3-4-19(17(11-18)12-29)21-14-32(8-1-6-28)22-5-2-16(10-20(21)22)13-31-9-7-30-23(33)15-31;1-2/h2-5,10-11,14H,1,6-9,12-13,15,28-29H2,(H,30,33);1-2H3. The first-order chi connectivity index (χ1) is 17.3. The molecule has 0 atom stereocenters. The van der Waals surface area contributed by atoms with E-state index in [0.717, 1.165) is 40.6 Å². The normalized spacial score (nSPS) is 14.4. The van der Waals surface area contributed by atoms with E-state index in [9.17, 15) is 18.0 Å². The highest BCUT2D eigenvalue weighted by Gasteiger charge is 2.31. The number of benzene rings is 2. The van der Waals surface area contributed by atoms with Gasteiger partial charge in [0.25, 0.3) is 0 Å². The van der Waals surface area contributed by atoms with Crippen molar-refractivity contribution in [2.45, 2.75) is 46.3 Å². The van der Waals surface area contributed by atoms with Crippen LogP contribution in [0, 0.1) is 0 Å². The minimum atomic E-state index is -4.77. The Morgan fingerprint density at radius 2 is 1.86 bits per heavy atom. The number of carbonyl (C=O) groups is 1. The van der Waals surface area contributed by atoms with E-state index in [0.29, 0.717) is 38.3 Å². The van der Waals surface area contributed by atoms with Gasteiger partial charge in [-0.3, -0.25) is 9.69 Å². The van der Waals surface area contributed by atoms with Crippen molar-refractivity contribution >= 4 is 16.8 Å². The molecule has 1 aliphatic heterocycles. The van der Waals surface area contributed by atoms with Gasteiger partial charge >= 0.3 is 6.36 Å². The summed E-state index contributed by atoms with van der Waals surface area (Å²) < 4.78 is 44.3. The van der Waals surface area contributed by atoms with Crippen LogP contribution in [-0.4, -0.2) is 47.9 Å². The Bertz CT molecular complexity index is 1180. The topological polar surface area (TPSA) is 98.5 Å². The molecule has 0 bridgehead atoms. The lowest BCUT2D eigenvalue weighted by Crippen LogP contribution is -2.47. The third-order valence-corrected chi connectivity index (χ3v) is 5.89. The van der Waals surface area contributed by atoms with Crippen LogP contribution >= 0.6 is 0 Å². The first-order valence-corrected chi connectivity index (χ1v) is 12.2. The summed E-state index contributed by atoms with van der Waals surface area (Å²) in [5.74, 6) is -0.289. The molecule has 5 N–H and O–H groups in total. The highest BCUT2D eigenvalue weighted by Crippen LogP contribution is 2.36. The Labute approximate surface area is 209 Å². The number of aromatic nitrogens is 1. The van der Waals surface area contributed by atoms with Gasteiger partial charge in [0.2, 0.25) is 5.91 Å². The van der Waals surface area contributed by atoms with Crippen LogP contribution in [0.25, 0.3) is 22.0 Å². The Morgan fingerprint density at radius 3 is 2.53 bits per heavy atom. The number of nitrogens with two attached hydrogens (primary N) is 2. The van der Waals surface area contributed by atoms with Crippen LogP contribution in [0.15, 0.2) is 42.6 Å². The summed E-state index contributed by atoms with van der Waals surface area (Å²) in [5.41, 5.74) is 15.9. The minimum Gasteiger partial charge on any atom is -0.406 e. The predicted octanol–water partition coefficient (Wildman–Crippen LogP) is 3.97. The molecule has 0 spiro atoms. The quantitative estimate of drug-likeness (QED) is 0.430. The summed E-state index contributed by atoms with van der Waals surface area (Å²) in [4.78, 5) is 13.8. The minimum absolute atomic E-state index is 0.00899. The van der Waals surface area contributed by atoms with Gasteiger partial charge in [0.05, 0.1) is 6.54 Å². The molecule has 196 valence electrons. The molecule has 0 unspecified atom stereocenters. The molecule has 7 nitrogen and oxygen atoms in total. The number of nitrogens with zero attached hydrogens (tertiary/aromatic N) is 2. The van der Waals surface area contributed by atoms with Gasteiger partial charge in [-0.2, -0.15) is 0 Å². The lowest BCUT2D eigenvalue weighted by molar-refractivity contribution is -0.274. The number of nitrogens with one attached hydrogen (secondary N) is 1. The number of hydrogen-bond donors (Lipinski definition) is 3. The number of alkyl halides is 3. The van der Waals surface area contributed by atoms with E-state index in [-0.39, 0.29) is 18.2 Å². The average Bonchev–Trinajstić information content (AvgIpc) is 3.20. The number of ether oxygens (including phenoxy) is 1. The van der Waals surface area contributed by atoms with E-state index in [1.54, 1.807) is 6.07 Å². The predicted molar refractivity (Wildman–Crippen MR) is 135 cm³/mol. The first-order valence-electron chi connectivity index (χ1n) is 12.2. The molecule has 2 heterocycles. The van der Waals surface area contributed by atoms with Crippen molar-refractivity contribution < 1.29 is 22.7 Å². The molecule has 1 saturated heterocycles. The van der Waals surface area contributed by atoms with Crippen molar-refractivity contribution in [1.82, 2.24) is 14.8 Å². The zero-order valence-corrected chi connectivity index (χ0v) is 20.7. The summed E-state index contributed by atoms with van der Waals surface area (Å²) >= 11 is 0. The van der Waals surface area contributed by atoms with Gasteiger partial charge in [0, 0.05) is 55.4 Å². The summed E-state index contributed by atoms with van der Waals surface area (Å²) in [6.07, 6.45) is -1.99. The van der Waals surface area contributed by atoms with Gasteiger partial charge in [0.15, 0.2) is 0 Å². The van der Waals surface area contributed by atoms with E-state index < -0.39 is 6.36 Å². The van der Waals surface area contributed by atoms with E-state index in [4.69, 9.17) is 11.5 Å². The third-order valence-electron chi connectivity index (χ3n) is 5.89. The highest BCUT2D eigenvalue weighted by molar-refractivity contribution is 5.97. The molecular weight excluding hydrogens is 471 g/mol. The van der Waals surface area contributed by atoms with Gasteiger partial charge < -0.3 is 26.1 Å². The lowest BCUT2D eigenvalue weighted by atomic mass is 9.98. The Morgan fingerprint density at radius 1 is 1.08 bits per heavy atom. The van der Waals surface area contributed by atoms with Crippen molar-refractivity contribution in [3.05, 3.63) is 53.7 Å². The molecule has 0 saturated carbocycles. The monoisotopic (exact) mass is 505 g/mol. The first kappa shape index (κ1) is 27.5. The van der Waals surface area contributed by atoms with Crippen molar-refractivity contribution in [3.63, 3.8) is 0 Å². The van der Waals surface area contributed by atoms with Crippen LogP contribution in [0.4, 0.5) is 13.2 Å². The van der Waals surface area contributed by atoms with Crippen molar-refractivity contribution in [1.29, 1.82) is 0 Å². The van der Waals surface area contributed by atoms with Gasteiger partial charge in [-0.25, -0.2) is 0 Å². The molecule has 1 aromatic heterocycles. The highest BCUT2D eigenvalue weighted by atomic mass is 19.4. The number of piperazine rings is 1. The molecule has 0 aliphatic carbocycles. The Balaban J connectivity index is 0.00000176. The molecule has 1 fully saturated rings. The second-order valence-electron chi connectivity index (χ2n) is 8.36. The number of aryl methyl sites for hydroxylation is 1. The molecule has 1 aliphatic rings. The fourth-order valence-electron chi connectivity index (χ4n) is 4.39. The van der Waals surface area contributed by atoms with Crippen LogP contribution in [0.1, 0.15) is 31.4 Å². The third kappa shape index (κ3) is 6.77. The maximum atomic E-state index is 12.7. The molecule has 1 amide bonds. The zero-order valence-electron chi connectivity index (χ0n) is 20.7. The fourth-order valence-corrected chi connectivity index (χ4v) is 4.39. The van der Waals surface area contributed by atoms with Crippen molar-refractivity contribution in [3.8, 4) is 16.9 Å². The second-order valence-corrected chi connectivity index (χ2v) is 8.36. The van der Waals surface area contributed by atoms with Crippen molar-refractivity contribution in [2.24, 2.45) is 11.5 Å². The average molecular weight is 506 g/mol. The number of fused-ring (bicyclic) bond motifs is 1. The van der Waals surface area contributed by atoms with E-state index in [2.05, 4.69) is 25.6 Å². The smallest absolute Gasteiger partial charge is 0.406 e. The van der Waals surface area contributed by atoms with E-state index in [1.165, 1.54) is 12.1 Å². The second kappa shape index (κ2) is 12.2. The maximum Gasteiger partial charge on any atom is 0.573 e. The SMILES string of the molecule is CC.NCCCn1cc(-c2ccc(OC(F)(F)F)cc2CN)c2cc(CN3CCNC(=O)C3)ccc21.